The largest absolute Gasteiger partial charge is 0.508 e. The van der Waals surface area contributed by atoms with E-state index in [1.54, 1.807) is 31.2 Å². The topological polar surface area (TPSA) is 60.8 Å². The molecule has 0 radical (unpaired) electrons. The lowest BCUT2D eigenvalue weighted by Crippen LogP contribution is -2.56. The van der Waals surface area contributed by atoms with Crippen LogP contribution in [-0.4, -0.2) is 39.7 Å². The van der Waals surface area contributed by atoms with Crippen LogP contribution in [-0.2, 0) is 11.2 Å². The van der Waals surface area contributed by atoms with Crippen molar-refractivity contribution in [1.29, 1.82) is 0 Å². The quantitative estimate of drug-likeness (QED) is 0.887. The molecule has 1 fully saturated rings. The van der Waals surface area contributed by atoms with Gasteiger partial charge in [0.25, 0.3) is 0 Å². The highest BCUT2D eigenvalue weighted by Crippen LogP contribution is 2.28. The zero-order valence-electron chi connectivity index (χ0n) is 12.2. The number of piperidine rings is 1. The van der Waals surface area contributed by atoms with E-state index in [1.165, 1.54) is 0 Å². The van der Waals surface area contributed by atoms with E-state index in [2.05, 4.69) is 11.8 Å². The number of likely N-dealkylation sites (tertiary alicyclic amines) is 1. The second kappa shape index (κ2) is 5.83. The van der Waals surface area contributed by atoms with Crippen molar-refractivity contribution >= 4 is 5.97 Å². The summed E-state index contributed by atoms with van der Waals surface area (Å²) in [6.07, 6.45) is 2.56. The number of benzene rings is 1. The van der Waals surface area contributed by atoms with Gasteiger partial charge >= 0.3 is 5.97 Å². The molecule has 2 rings (SSSR count). The van der Waals surface area contributed by atoms with Crippen molar-refractivity contribution in [3.8, 4) is 5.75 Å². The summed E-state index contributed by atoms with van der Waals surface area (Å²) in [4.78, 5) is 13.9. The fourth-order valence-electron chi connectivity index (χ4n) is 2.84. The third-order valence-electron chi connectivity index (χ3n) is 4.43. The molecule has 110 valence electrons. The third kappa shape index (κ3) is 3.12. The highest BCUT2D eigenvalue weighted by atomic mass is 16.4. The van der Waals surface area contributed by atoms with Gasteiger partial charge in [0.15, 0.2) is 0 Å². The molecule has 1 atom stereocenters. The van der Waals surface area contributed by atoms with E-state index in [4.69, 9.17) is 0 Å². The average molecular weight is 277 g/mol. The molecule has 0 bridgehead atoms. The summed E-state index contributed by atoms with van der Waals surface area (Å²) >= 11 is 0. The Morgan fingerprint density at radius 3 is 2.35 bits per heavy atom. The molecule has 0 aromatic heterocycles. The minimum Gasteiger partial charge on any atom is -0.508 e. The number of phenolic OH excluding ortho intramolecular Hbond substituents is 1. The highest BCUT2D eigenvalue weighted by molar-refractivity contribution is 5.78. The minimum absolute atomic E-state index is 0.206. The van der Waals surface area contributed by atoms with E-state index in [1.807, 2.05) is 0 Å². The summed E-state index contributed by atoms with van der Waals surface area (Å²) in [6, 6.07) is 6.80. The van der Waals surface area contributed by atoms with Crippen molar-refractivity contribution in [2.24, 2.45) is 5.92 Å². The molecule has 1 aromatic rings. The number of phenols is 1. The second-order valence-corrected chi connectivity index (χ2v) is 6.09. The normalized spacial score (nSPS) is 20.5. The van der Waals surface area contributed by atoms with Gasteiger partial charge in [-0.05, 0) is 56.5 Å². The average Bonchev–Trinajstić information content (AvgIpc) is 2.42. The molecule has 1 heterocycles. The van der Waals surface area contributed by atoms with Gasteiger partial charge in [-0.2, -0.15) is 0 Å². The van der Waals surface area contributed by atoms with E-state index in [-0.39, 0.29) is 5.75 Å². The number of rotatable bonds is 4. The Morgan fingerprint density at radius 1 is 1.30 bits per heavy atom. The number of carboxylic acid groups (broad SMARTS) is 1. The van der Waals surface area contributed by atoms with Crippen LogP contribution < -0.4 is 0 Å². The smallest absolute Gasteiger partial charge is 0.324 e. The molecule has 20 heavy (non-hydrogen) atoms. The van der Waals surface area contributed by atoms with Crippen LogP contribution >= 0.6 is 0 Å². The standard InChI is InChI=1S/C16H23NO3/c1-12-7-9-17(10-8-12)16(2,15(19)20)11-13-3-5-14(18)6-4-13/h3-6,12,18H,7-11H2,1-2H3,(H,19,20). The fourth-order valence-corrected chi connectivity index (χ4v) is 2.84. The molecule has 1 saturated heterocycles. The summed E-state index contributed by atoms with van der Waals surface area (Å²) in [5.74, 6) is 0.107. The van der Waals surface area contributed by atoms with Crippen LogP contribution in [0.4, 0.5) is 0 Å². The van der Waals surface area contributed by atoms with Crippen LogP contribution in [0.5, 0.6) is 5.75 Å². The molecule has 1 unspecified atom stereocenters. The molecule has 0 saturated carbocycles. The van der Waals surface area contributed by atoms with Gasteiger partial charge in [0.1, 0.15) is 11.3 Å². The predicted octanol–water partition coefficient (Wildman–Crippen LogP) is 2.51. The number of nitrogens with zero attached hydrogens (tertiary/aromatic N) is 1. The first kappa shape index (κ1) is 14.9. The van der Waals surface area contributed by atoms with Crippen molar-refractivity contribution in [1.82, 2.24) is 4.90 Å². The van der Waals surface area contributed by atoms with Gasteiger partial charge in [-0.25, -0.2) is 0 Å². The van der Waals surface area contributed by atoms with Crippen LogP contribution in [0.3, 0.4) is 0 Å². The monoisotopic (exact) mass is 277 g/mol. The molecule has 4 nitrogen and oxygen atoms in total. The number of carbonyl (C=O) groups is 1. The number of aliphatic carboxylic acids is 1. The lowest BCUT2D eigenvalue weighted by atomic mass is 9.87. The molecule has 1 aliphatic heterocycles. The van der Waals surface area contributed by atoms with E-state index in [0.29, 0.717) is 12.3 Å². The van der Waals surface area contributed by atoms with Crippen LogP contribution in [0.1, 0.15) is 32.3 Å². The SMILES string of the molecule is CC1CCN(C(C)(Cc2ccc(O)cc2)C(=O)O)CC1. The van der Waals surface area contributed by atoms with Gasteiger partial charge in [-0.15, -0.1) is 0 Å². The summed E-state index contributed by atoms with van der Waals surface area (Å²) in [6.45, 7) is 5.69. The molecule has 4 heteroatoms. The van der Waals surface area contributed by atoms with E-state index >= 15 is 0 Å². The van der Waals surface area contributed by atoms with E-state index in [0.717, 1.165) is 31.5 Å². The molecule has 1 aliphatic rings. The highest BCUT2D eigenvalue weighted by Gasteiger charge is 2.40. The van der Waals surface area contributed by atoms with Crippen molar-refractivity contribution in [2.45, 2.75) is 38.6 Å². The maximum absolute atomic E-state index is 11.8. The third-order valence-corrected chi connectivity index (χ3v) is 4.43. The first-order valence-corrected chi connectivity index (χ1v) is 7.18. The fraction of sp³-hybridized carbons (Fsp3) is 0.562. The lowest BCUT2D eigenvalue weighted by Gasteiger charge is -2.42. The summed E-state index contributed by atoms with van der Waals surface area (Å²) < 4.78 is 0. The summed E-state index contributed by atoms with van der Waals surface area (Å²) in [5.41, 5.74) is 0.0585. The maximum Gasteiger partial charge on any atom is 0.324 e. The Kier molecular flexibility index (Phi) is 4.33. The van der Waals surface area contributed by atoms with Crippen LogP contribution in [0.25, 0.3) is 0 Å². The Balaban J connectivity index is 2.16. The first-order valence-electron chi connectivity index (χ1n) is 7.18. The van der Waals surface area contributed by atoms with Crippen molar-refractivity contribution in [2.75, 3.05) is 13.1 Å². The molecular formula is C16H23NO3. The minimum atomic E-state index is -0.878. The summed E-state index contributed by atoms with van der Waals surface area (Å²) in [5, 5.41) is 19.0. The van der Waals surface area contributed by atoms with Gasteiger partial charge in [0.2, 0.25) is 0 Å². The number of carboxylic acids is 1. The van der Waals surface area contributed by atoms with E-state index < -0.39 is 11.5 Å². The Hall–Kier alpha value is -1.55. The first-order chi connectivity index (χ1) is 9.41. The van der Waals surface area contributed by atoms with Crippen molar-refractivity contribution in [3.05, 3.63) is 29.8 Å². The second-order valence-electron chi connectivity index (χ2n) is 6.09. The zero-order chi connectivity index (χ0) is 14.8. The molecule has 2 N–H and O–H groups in total. The van der Waals surface area contributed by atoms with Gasteiger partial charge in [-0.1, -0.05) is 19.1 Å². The van der Waals surface area contributed by atoms with Gasteiger partial charge < -0.3 is 10.2 Å². The maximum atomic E-state index is 11.8. The Labute approximate surface area is 120 Å². The lowest BCUT2D eigenvalue weighted by molar-refractivity contribution is -0.151. The molecule has 0 aliphatic carbocycles. The van der Waals surface area contributed by atoms with Gasteiger partial charge in [0.05, 0.1) is 0 Å². The van der Waals surface area contributed by atoms with Crippen LogP contribution in [0.15, 0.2) is 24.3 Å². The summed E-state index contributed by atoms with van der Waals surface area (Å²) in [7, 11) is 0. The number of aromatic hydroxyl groups is 1. The number of hydrogen-bond donors (Lipinski definition) is 2. The zero-order valence-corrected chi connectivity index (χ0v) is 12.2. The number of hydrogen-bond acceptors (Lipinski definition) is 3. The Bertz CT molecular complexity index is 463. The Morgan fingerprint density at radius 2 is 1.85 bits per heavy atom. The van der Waals surface area contributed by atoms with Crippen molar-refractivity contribution < 1.29 is 15.0 Å². The van der Waals surface area contributed by atoms with Gasteiger partial charge in [0, 0.05) is 6.42 Å². The predicted molar refractivity (Wildman–Crippen MR) is 77.8 cm³/mol. The van der Waals surface area contributed by atoms with Crippen molar-refractivity contribution in [3.63, 3.8) is 0 Å². The molecule has 0 amide bonds. The van der Waals surface area contributed by atoms with Crippen LogP contribution in [0.2, 0.25) is 0 Å². The molecule has 0 spiro atoms. The van der Waals surface area contributed by atoms with Gasteiger partial charge in [-0.3, -0.25) is 9.69 Å². The van der Waals surface area contributed by atoms with Crippen LogP contribution in [0, 0.1) is 5.92 Å². The molecule has 1 aromatic carbocycles. The molecular weight excluding hydrogens is 254 g/mol. The van der Waals surface area contributed by atoms with E-state index in [9.17, 15) is 15.0 Å².